The molecule has 2 N–H and O–H groups in total. The first kappa shape index (κ1) is 14.5. The SMILES string of the molecule is Cc1cccc(NCC(=O)Nc2cccc3nsnc23)c1C. The zero-order chi connectivity index (χ0) is 15.5. The van der Waals surface area contributed by atoms with Crippen molar-refractivity contribution in [3.05, 3.63) is 47.5 Å². The molecule has 1 heterocycles. The molecule has 0 saturated heterocycles. The first-order valence-electron chi connectivity index (χ1n) is 6.96. The number of aryl methyl sites for hydroxylation is 1. The van der Waals surface area contributed by atoms with E-state index in [1.807, 2.05) is 37.3 Å². The van der Waals surface area contributed by atoms with E-state index < -0.39 is 0 Å². The van der Waals surface area contributed by atoms with Crippen molar-refractivity contribution in [3.8, 4) is 0 Å². The second kappa shape index (κ2) is 6.11. The number of hydrogen-bond acceptors (Lipinski definition) is 5. The van der Waals surface area contributed by atoms with Gasteiger partial charge in [-0.25, -0.2) is 0 Å². The summed E-state index contributed by atoms with van der Waals surface area (Å²) >= 11 is 1.14. The van der Waals surface area contributed by atoms with Crippen molar-refractivity contribution >= 4 is 40.0 Å². The van der Waals surface area contributed by atoms with Crippen LogP contribution in [0.3, 0.4) is 0 Å². The zero-order valence-corrected chi connectivity index (χ0v) is 13.2. The second-order valence-electron chi connectivity index (χ2n) is 5.09. The molecule has 6 heteroatoms. The van der Waals surface area contributed by atoms with Gasteiger partial charge in [-0.1, -0.05) is 18.2 Å². The number of carbonyl (C=O) groups excluding carboxylic acids is 1. The highest BCUT2D eigenvalue weighted by Crippen LogP contribution is 2.21. The number of benzene rings is 2. The van der Waals surface area contributed by atoms with Gasteiger partial charge in [0, 0.05) is 5.69 Å². The number of rotatable bonds is 4. The molecule has 0 aliphatic heterocycles. The molecule has 0 atom stereocenters. The predicted octanol–water partition coefficient (Wildman–Crippen LogP) is 3.36. The van der Waals surface area contributed by atoms with Crippen LogP contribution in [0.25, 0.3) is 11.0 Å². The highest BCUT2D eigenvalue weighted by atomic mass is 32.1. The molecule has 3 aromatic rings. The number of fused-ring (bicyclic) bond motifs is 1. The van der Waals surface area contributed by atoms with Crippen molar-refractivity contribution in [3.63, 3.8) is 0 Å². The Morgan fingerprint density at radius 3 is 2.73 bits per heavy atom. The fraction of sp³-hybridized carbons (Fsp3) is 0.188. The van der Waals surface area contributed by atoms with Gasteiger partial charge >= 0.3 is 0 Å². The monoisotopic (exact) mass is 312 g/mol. The maximum atomic E-state index is 12.1. The number of hydrogen-bond donors (Lipinski definition) is 2. The van der Waals surface area contributed by atoms with Crippen molar-refractivity contribution in [2.45, 2.75) is 13.8 Å². The fourth-order valence-corrected chi connectivity index (χ4v) is 2.77. The smallest absolute Gasteiger partial charge is 0.243 e. The largest absolute Gasteiger partial charge is 0.376 e. The van der Waals surface area contributed by atoms with Crippen LogP contribution in [-0.2, 0) is 4.79 Å². The minimum absolute atomic E-state index is 0.110. The number of amides is 1. The molecule has 112 valence electrons. The highest BCUT2D eigenvalue weighted by Gasteiger charge is 2.09. The van der Waals surface area contributed by atoms with E-state index in [-0.39, 0.29) is 12.5 Å². The van der Waals surface area contributed by atoms with E-state index in [0.717, 1.165) is 34.0 Å². The lowest BCUT2D eigenvalue weighted by Crippen LogP contribution is -2.22. The van der Waals surface area contributed by atoms with Crippen LogP contribution in [0.5, 0.6) is 0 Å². The molecule has 5 nitrogen and oxygen atoms in total. The molecule has 0 saturated carbocycles. The molecule has 22 heavy (non-hydrogen) atoms. The van der Waals surface area contributed by atoms with E-state index in [1.54, 1.807) is 0 Å². The Morgan fingerprint density at radius 2 is 1.86 bits per heavy atom. The van der Waals surface area contributed by atoms with E-state index in [4.69, 9.17) is 0 Å². The van der Waals surface area contributed by atoms with Crippen molar-refractivity contribution in [2.75, 3.05) is 17.2 Å². The normalized spacial score (nSPS) is 10.6. The number of aromatic nitrogens is 2. The fourth-order valence-electron chi connectivity index (χ4n) is 2.22. The van der Waals surface area contributed by atoms with Gasteiger partial charge in [0.1, 0.15) is 11.0 Å². The van der Waals surface area contributed by atoms with Gasteiger partial charge in [-0.3, -0.25) is 4.79 Å². The summed E-state index contributed by atoms with van der Waals surface area (Å²) < 4.78 is 8.38. The zero-order valence-electron chi connectivity index (χ0n) is 12.4. The Balaban J connectivity index is 1.68. The van der Waals surface area contributed by atoms with Crippen LogP contribution in [0.15, 0.2) is 36.4 Å². The maximum absolute atomic E-state index is 12.1. The molecule has 0 radical (unpaired) electrons. The minimum Gasteiger partial charge on any atom is -0.376 e. The Bertz CT molecular complexity index is 828. The van der Waals surface area contributed by atoms with Crippen LogP contribution < -0.4 is 10.6 Å². The molecular formula is C16H16N4OS. The van der Waals surface area contributed by atoms with E-state index in [1.165, 1.54) is 5.56 Å². The Kier molecular flexibility index (Phi) is 4.02. The summed E-state index contributed by atoms with van der Waals surface area (Å²) in [5, 5.41) is 6.05. The van der Waals surface area contributed by atoms with Crippen LogP contribution >= 0.6 is 11.7 Å². The maximum Gasteiger partial charge on any atom is 0.243 e. The molecular weight excluding hydrogens is 296 g/mol. The average molecular weight is 312 g/mol. The predicted molar refractivity (Wildman–Crippen MR) is 90.5 cm³/mol. The summed E-state index contributed by atoms with van der Waals surface area (Å²) in [6.45, 7) is 4.30. The van der Waals surface area contributed by atoms with Gasteiger partial charge in [0.05, 0.1) is 24.0 Å². The molecule has 0 spiro atoms. The Hall–Kier alpha value is -2.47. The van der Waals surface area contributed by atoms with Gasteiger partial charge in [0.2, 0.25) is 5.91 Å². The van der Waals surface area contributed by atoms with Gasteiger partial charge < -0.3 is 10.6 Å². The second-order valence-corrected chi connectivity index (χ2v) is 5.62. The third kappa shape index (κ3) is 2.92. The summed E-state index contributed by atoms with van der Waals surface area (Å²) in [5.74, 6) is -0.110. The lowest BCUT2D eigenvalue weighted by atomic mass is 10.1. The van der Waals surface area contributed by atoms with Crippen LogP contribution in [0, 0.1) is 13.8 Å². The van der Waals surface area contributed by atoms with Gasteiger partial charge in [-0.2, -0.15) is 8.75 Å². The van der Waals surface area contributed by atoms with Crippen molar-refractivity contribution < 1.29 is 4.79 Å². The molecule has 1 aromatic heterocycles. The molecule has 2 aromatic carbocycles. The molecule has 0 bridgehead atoms. The standard InChI is InChI=1S/C16H16N4OS/c1-10-5-3-6-12(11(10)2)17-9-15(21)18-13-7-4-8-14-16(13)20-22-19-14/h3-8,17H,9H2,1-2H3,(H,18,21). The summed E-state index contributed by atoms with van der Waals surface area (Å²) in [6, 6.07) is 11.6. The van der Waals surface area contributed by atoms with Crippen molar-refractivity contribution in [1.82, 2.24) is 8.75 Å². The van der Waals surface area contributed by atoms with Crippen LogP contribution in [0.4, 0.5) is 11.4 Å². The summed E-state index contributed by atoms with van der Waals surface area (Å²) in [7, 11) is 0. The van der Waals surface area contributed by atoms with E-state index in [2.05, 4.69) is 32.4 Å². The number of nitrogens with zero attached hydrogens (tertiary/aromatic N) is 2. The van der Waals surface area contributed by atoms with Crippen LogP contribution in [0.1, 0.15) is 11.1 Å². The minimum atomic E-state index is -0.110. The van der Waals surface area contributed by atoms with Gasteiger partial charge in [-0.15, -0.1) is 0 Å². The van der Waals surface area contributed by atoms with Gasteiger partial charge in [0.25, 0.3) is 0 Å². The quantitative estimate of drug-likeness (QED) is 0.775. The molecule has 1 amide bonds. The van der Waals surface area contributed by atoms with E-state index in [0.29, 0.717) is 5.69 Å². The lowest BCUT2D eigenvalue weighted by Gasteiger charge is -2.11. The summed E-state index contributed by atoms with van der Waals surface area (Å²) in [4.78, 5) is 12.1. The first-order chi connectivity index (χ1) is 10.6. The summed E-state index contributed by atoms with van der Waals surface area (Å²) in [5.41, 5.74) is 5.55. The molecule has 0 fully saturated rings. The third-order valence-corrected chi connectivity index (χ3v) is 4.15. The molecule has 0 aliphatic rings. The van der Waals surface area contributed by atoms with Crippen LogP contribution in [0.2, 0.25) is 0 Å². The van der Waals surface area contributed by atoms with Crippen LogP contribution in [-0.4, -0.2) is 21.2 Å². The topological polar surface area (TPSA) is 66.9 Å². The van der Waals surface area contributed by atoms with Crippen molar-refractivity contribution in [2.24, 2.45) is 0 Å². The molecule has 0 aliphatic carbocycles. The molecule has 3 rings (SSSR count). The van der Waals surface area contributed by atoms with E-state index in [9.17, 15) is 4.79 Å². The van der Waals surface area contributed by atoms with Gasteiger partial charge in [0.15, 0.2) is 0 Å². The first-order valence-corrected chi connectivity index (χ1v) is 7.69. The molecule has 0 unspecified atom stereocenters. The lowest BCUT2D eigenvalue weighted by molar-refractivity contribution is -0.114. The summed E-state index contributed by atoms with van der Waals surface area (Å²) in [6.07, 6.45) is 0. The van der Waals surface area contributed by atoms with Gasteiger partial charge in [-0.05, 0) is 43.2 Å². The number of carbonyl (C=O) groups is 1. The highest BCUT2D eigenvalue weighted by molar-refractivity contribution is 7.00. The number of nitrogens with one attached hydrogen (secondary N) is 2. The Labute approximate surface area is 132 Å². The third-order valence-electron chi connectivity index (χ3n) is 3.60. The van der Waals surface area contributed by atoms with E-state index >= 15 is 0 Å². The van der Waals surface area contributed by atoms with Crippen molar-refractivity contribution in [1.29, 1.82) is 0 Å². The number of anilines is 2. The Morgan fingerprint density at radius 1 is 1.09 bits per heavy atom. The average Bonchev–Trinajstić information content (AvgIpc) is 2.98.